The third-order valence-corrected chi connectivity index (χ3v) is 3.74. The Morgan fingerprint density at radius 3 is 2.30 bits per heavy atom. The van der Waals surface area contributed by atoms with Crippen LogP contribution >= 0.6 is 0 Å². The van der Waals surface area contributed by atoms with E-state index in [-0.39, 0.29) is 5.91 Å². The maximum absolute atomic E-state index is 12.2. The monoisotopic (exact) mass is 284 g/mol. The Kier molecular flexibility index (Phi) is 7.48. The smallest absolute Gasteiger partial charge is 0.236 e. The first kappa shape index (κ1) is 17.4. The molecule has 0 radical (unpaired) electrons. The molecule has 1 heterocycles. The third-order valence-electron chi connectivity index (χ3n) is 3.74. The van der Waals surface area contributed by atoms with Crippen LogP contribution in [0.1, 0.15) is 20.3 Å². The van der Waals surface area contributed by atoms with Crippen LogP contribution in [0.3, 0.4) is 0 Å². The molecule has 1 aliphatic heterocycles. The van der Waals surface area contributed by atoms with E-state index in [0.717, 1.165) is 39.1 Å². The molecule has 1 saturated heterocycles. The summed E-state index contributed by atoms with van der Waals surface area (Å²) in [4.78, 5) is 18.6. The topological polar surface area (TPSA) is 38.8 Å². The van der Waals surface area contributed by atoms with E-state index in [2.05, 4.69) is 50.1 Å². The van der Waals surface area contributed by atoms with Crippen molar-refractivity contribution in [2.45, 2.75) is 26.3 Å². The Morgan fingerprint density at radius 2 is 1.80 bits per heavy atom. The fourth-order valence-corrected chi connectivity index (χ4v) is 2.63. The molecule has 1 unspecified atom stereocenters. The van der Waals surface area contributed by atoms with E-state index < -0.39 is 0 Å². The minimum absolute atomic E-state index is 0.241. The van der Waals surface area contributed by atoms with Crippen LogP contribution in [-0.4, -0.2) is 87.1 Å². The zero-order valence-corrected chi connectivity index (χ0v) is 13.9. The average molecular weight is 284 g/mol. The highest BCUT2D eigenvalue weighted by molar-refractivity contribution is 5.78. The van der Waals surface area contributed by atoms with Crippen LogP contribution in [0.5, 0.6) is 0 Å². The molecule has 0 aromatic heterocycles. The normalized spacial score (nSPS) is 18.9. The van der Waals surface area contributed by atoms with Crippen molar-refractivity contribution in [3.8, 4) is 0 Å². The van der Waals surface area contributed by atoms with E-state index in [1.54, 1.807) is 0 Å². The molecule has 0 spiro atoms. The number of piperazine rings is 1. The highest BCUT2D eigenvalue weighted by atomic mass is 16.2. The quantitative estimate of drug-likeness (QED) is 0.731. The van der Waals surface area contributed by atoms with Crippen molar-refractivity contribution >= 4 is 5.91 Å². The van der Waals surface area contributed by atoms with Crippen LogP contribution in [0.4, 0.5) is 0 Å². The number of hydrogen-bond donors (Lipinski definition) is 1. The lowest BCUT2D eigenvalue weighted by Crippen LogP contribution is -2.51. The van der Waals surface area contributed by atoms with E-state index in [9.17, 15) is 4.79 Å². The van der Waals surface area contributed by atoms with Gasteiger partial charge >= 0.3 is 0 Å². The Bertz CT molecular complexity index is 276. The van der Waals surface area contributed by atoms with E-state index in [1.165, 1.54) is 0 Å². The van der Waals surface area contributed by atoms with E-state index in [4.69, 9.17) is 0 Å². The number of carbonyl (C=O) groups is 1. The predicted molar refractivity (Wildman–Crippen MR) is 83.9 cm³/mol. The van der Waals surface area contributed by atoms with Crippen LogP contribution in [0.25, 0.3) is 0 Å². The molecule has 1 atom stereocenters. The summed E-state index contributed by atoms with van der Waals surface area (Å²) in [6.45, 7) is 9.60. The molecule has 1 N–H and O–H groups in total. The molecule has 20 heavy (non-hydrogen) atoms. The fourth-order valence-electron chi connectivity index (χ4n) is 2.63. The summed E-state index contributed by atoms with van der Waals surface area (Å²) in [6.07, 6.45) is 1.11. The van der Waals surface area contributed by atoms with Crippen LogP contribution in [0, 0.1) is 5.92 Å². The van der Waals surface area contributed by atoms with Gasteiger partial charge in [0.15, 0.2) is 0 Å². The number of hydrogen-bond acceptors (Lipinski definition) is 4. The molecular weight excluding hydrogens is 252 g/mol. The van der Waals surface area contributed by atoms with Gasteiger partial charge in [0.05, 0.1) is 6.54 Å². The van der Waals surface area contributed by atoms with Crippen LogP contribution in [-0.2, 0) is 4.79 Å². The molecule has 1 rings (SSSR count). The number of carbonyl (C=O) groups excluding carboxylic acids is 1. The number of amides is 1. The summed E-state index contributed by atoms with van der Waals surface area (Å²) in [5, 5.41) is 3.44. The van der Waals surface area contributed by atoms with Gasteiger partial charge in [0.25, 0.3) is 0 Å². The van der Waals surface area contributed by atoms with Gasteiger partial charge in [-0.15, -0.1) is 0 Å². The Hall–Kier alpha value is -0.650. The minimum Gasteiger partial charge on any atom is -0.339 e. The number of rotatable bonds is 7. The molecule has 0 aromatic rings. The van der Waals surface area contributed by atoms with Gasteiger partial charge in [-0.05, 0) is 33.5 Å². The predicted octanol–water partition coefficient (Wildman–Crippen LogP) is 0.326. The lowest BCUT2D eigenvalue weighted by atomic mass is 10.0. The molecule has 0 saturated carbocycles. The maximum Gasteiger partial charge on any atom is 0.236 e. The van der Waals surface area contributed by atoms with E-state index in [1.807, 2.05) is 4.90 Å². The average Bonchev–Trinajstić information content (AvgIpc) is 2.35. The van der Waals surface area contributed by atoms with Crippen LogP contribution in [0.2, 0.25) is 0 Å². The summed E-state index contributed by atoms with van der Waals surface area (Å²) in [5.74, 6) is 0.886. The highest BCUT2D eigenvalue weighted by Gasteiger charge is 2.20. The molecule has 1 amide bonds. The fraction of sp³-hybridized carbons (Fsp3) is 0.933. The largest absolute Gasteiger partial charge is 0.339 e. The second-order valence-corrected chi connectivity index (χ2v) is 6.65. The van der Waals surface area contributed by atoms with Crippen molar-refractivity contribution in [3.63, 3.8) is 0 Å². The van der Waals surface area contributed by atoms with Gasteiger partial charge in [0, 0.05) is 38.8 Å². The van der Waals surface area contributed by atoms with E-state index >= 15 is 0 Å². The van der Waals surface area contributed by atoms with Crippen molar-refractivity contribution in [2.75, 3.05) is 60.4 Å². The second kappa shape index (κ2) is 8.60. The van der Waals surface area contributed by atoms with Crippen LogP contribution in [0.15, 0.2) is 0 Å². The Morgan fingerprint density at radius 1 is 1.20 bits per heavy atom. The van der Waals surface area contributed by atoms with E-state index in [0.29, 0.717) is 18.5 Å². The SMILES string of the molecule is CC(C)CC(CN(C)C)NCC(=O)N1CCN(C)CC1. The van der Waals surface area contributed by atoms with Crippen molar-refractivity contribution in [3.05, 3.63) is 0 Å². The first-order valence-electron chi connectivity index (χ1n) is 7.73. The Labute approximate surface area is 124 Å². The lowest BCUT2D eigenvalue weighted by Gasteiger charge is -2.33. The molecular formula is C15H32N4O. The van der Waals surface area contributed by atoms with Gasteiger partial charge in [-0.25, -0.2) is 0 Å². The number of likely N-dealkylation sites (N-methyl/N-ethyl adjacent to an activating group) is 2. The van der Waals surface area contributed by atoms with Gasteiger partial charge in [-0.1, -0.05) is 13.8 Å². The molecule has 0 aliphatic carbocycles. The first-order chi connectivity index (χ1) is 9.38. The van der Waals surface area contributed by atoms with Gasteiger partial charge in [0.1, 0.15) is 0 Å². The summed E-state index contributed by atoms with van der Waals surface area (Å²) >= 11 is 0. The van der Waals surface area contributed by atoms with Crippen molar-refractivity contribution in [1.82, 2.24) is 20.0 Å². The zero-order valence-electron chi connectivity index (χ0n) is 13.9. The maximum atomic E-state index is 12.2. The third kappa shape index (κ3) is 6.68. The summed E-state index contributed by atoms with van der Waals surface area (Å²) < 4.78 is 0. The van der Waals surface area contributed by atoms with Gasteiger partial charge in [0.2, 0.25) is 5.91 Å². The highest BCUT2D eigenvalue weighted by Crippen LogP contribution is 2.06. The van der Waals surface area contributed by atoms with Gasteiger partial charge in [-0.2, -0.15) is 0 Å². The molecule has 0 bridgehead atoms. The standard InChI is InChI=1S/C15H32N4O/c1-13(2)10-14(12-17(3)4)16-11-15(20)19-8-6-18(5)7-9-19/h13-14,16H,6-12H2,1-5H3. The van der Waals surface area contributed by atoms with Gasteiger partial charge < -0.3 is 20.0 Å². The lowest BCUT2D eigenvalue weighted by molar-refractivity contribution is -0.131. The summed E-state index contributed by atoms with van der Waals surface area (Å²) in [7, 11) is 6.27. The zero-order chi connectivity index (χ0) is 15.1. The van der Waals surface area contributed by atoms with Crippen molar-refractivity contribution in [2.24, 2.45) is 5.92 Å². The summed E-state index contributed by atoms with van der Waals surface area (Å²) in [6, 6.07) is 0.390. The summed E-state index contributed by atoms with van der Waals surface area (Å²) in [5.41, 5.74) is 0. The first-order valence-corrected chi connectivity index (χ1v) is 7.73. The van der Waals surface area contributed by atoms with Gasteiger partial charge in [-0.3, -0.25) is 4.79 Å². The minimum atomic E-state index is 0.241. The molecule has 0 aromatic carbocycles. The molecule has 1 fully saturated rings. The number of nitrogens with zero attached hydrogens (tertiary/aromatic N) is 3. The number of nitrogens with one attached hydrogen (secondary N) is 1. The molecule has 118 valence electrons. The van der Waals surface area contributed by atoms with Crippen molar-refractivity contribution < 1.29 is 4.79 Å². The second-order valence-electron chi connectivity index (χ2n) is 6.65. The van der Waals surface area contributed by atoms with Crippen LogP contribution < -0.4 is 5.32 Å². The molecule has 5 heteroatoms. The molecule has 5 nitrogen and oxygen atoms in total. The van der Waals surface area contributed by atoms with Crippen molar-refractivity contribution in [1.29, 1.82) is 0 Å². The molecule has 1 aliphatic rings. The Balaban J connectivity index is 2.35.